The minimum absolute atomic E-state index is 0.270. The number of benzene rings is 1. The van der Waals surface area contributed by atoms with E-state index in [9.17, 15) is 9.59 Å². The maximum absolute atomic E-state index is 11.9. The van der Waals surface area contributed by atoms with Crippen molar-refractivity contribution in [2.24, 2.45) is 0 Å². The van der Waals surface area contributed by atoms with Gasteiger partial charge in [0.25, 0.3) is 5.91 Å². The minimum atomic E-state index is -0.761. The molecule has 0 saturated heterocycles. The van der Waals surface area contributed by atoms with Crippen molar-refractivity contribution in [3.8, 4) is 0 Å². The number of carbonyl (C=O) groups is 2. The van der Waals surface area contributed by atoms with Gasteiger partial charge in [0.1, 0.15) is 5.25 Å². The van der Waals surface area contributed by atoms with Crippen LogP contribution in [0.1, 0.15) is 26.3 Å². The summed E-state index contributed by atoms with van der Waals surface area (Å²) in [4.78, 5) is 24.4. The Hall–Kier alpha value is -1.49. The van der Waals surface area contributed by atoms with Gasteiger partial charge in [0.15, 0.2) is 6.10 Å². The molecule has 0 unspecified atom stereocenters. The largest absolute Gasteiger partial charge is 0.452 e. The van der Waals surface area contributed by atoms with Gasteiger partial charge in [-0.05, 0) is 39.8 Å². The number of hydrogen-bond donors (Lipinski definition) is 1. The highest BCUT2D eigenvalue weighted by molar-refractivity contribution is 8.00. The Kier molecular flexibility index (Phi) is 6.58. The van der Waals surface area contributed by atoms with Crippen molar-refractivity contribution in [2.75, 3.05) is 6.54 Å². The Balaban J connectivity index is 2.50. The van der Waals surface area contributed by atoms with Gasteiger partial charge in [0.2, 0.25) is 0 Å². The lowest BCUT2D eigenvalue weighted by molar-refractivity contribution is -0.153. The van der Waals surface area contributed by atoms with Gasteiger partial charge < -0.3 is 10.1 Å². The van der Waals surface area contributed by atoms with Crippen molar-refractivity contribution in [1.29, 1.82) is 0 Å². The third kappa shape index (κ3) is 5.25. The Morgan fingerprint density at radius 2 is 1.85 bits per heavy atom. The molecule has 0 aromatic heterocycles. The van der Waals surface area contributed by atoms with Gasteiger partial charge in [0.05, 0.1) is 0 Å². The molecule has 2 atom stereocenters. The van der Waals surface area contributed by atoms with Gasteiger partial charge in [0, 0.05) is 11.4 Å². The Bertz CT molecular complexity index is 459. The van der Waals surface area contributed by atoms with Crippen LogP contribution in [0, 0.1) is 6.92 Å². The molecular formula is C15H21NO3S. The van der Waals surface area contributed by atoms with Crippen LogP contribution in [0.3, 0.4) is 0 Å². The molecule has 1 N–H and O–H groups in total. The molecule has 0 aliphatic rings. The van der Waals surface area contributed by atoms with E-state index in [0.717, 1.165) is 4.90 Å². The molecular weight excluding hydrogens is 274 g/mol. The predicted molar refractivity (Wildman–Crippen MR) is 80.7 cm³/mol. The normalized spacial score (nSPS) is 13.4. The van der Waals surface area contributed by atoms with Crippen LogP contribution in [0.15, 0.2) is 29.2 Å². The van der Waals surface area contributed by atoms with Crippen molar-refractivity contribution in [1.82, 2.24) is 5.32 Å². The number of rotatable bonds is 6. The quantitative estimate of drug-likeness (QED) is 0.647. The van der Waals surface area contributed by atoms with Crippen molar-refractivity contribution in [2.45, 2.75) is 43.9 Å². The van der Waals surface area contributed by atoms with Crippen molar-refractivity contribution < 1.29 is 14.3 Å². The van der Waals surface area contributed by atoms with Crippen molar-refractivity contribution in [3.63, 3.8) is 0 Å². The number of thioether (sulfide) groups is 1. The first-order valence-electron chi connectivity index (χ1n) is 6.65. The average molecular weight is 295 g/mol. The summed E-state index contributed by atoms with van der Waals surface area (Å²) in [7, 11) is 0. The third-order valence-corrected chi connectivity index (χ3v) is 3.77. The monoisotopic (exact) mass is 295 g/mol. The van der Waals surface area contributed by atoms with Crippen LogP contribution in [0.2, 0.25) is 0 Å². The zero-order chi connectivity index (χ0) is 15.1. The Morgan fingerprint density at radius 3 is 2.40 bits per heavy atom. The number of nitrogens with one attached hydrogen (secondary N) is 1. The molecule has 1 aromatic rings. The molecule has 0 saturated carbocycles. The lowest BCUT2D eigenvalue weighted by Crippen LogP contribution is -2.37. The fourth-order valence-electron chi connectivity index (χ4n) is 1.51. The first-order chi connectivity index (χ1) is 9.43. The van der Waals surface area contributed by atoms with E-state index in [-0.39, 0.29) is 17.1 Å². The average Bonchev–Trinajstić information content (AvgIpc) is 2.41. The molecule has 0 fully saturated rings. The summed E-state index contributed by atoms with van der Waals surface area (Å²) in [5, 5.41) is 2.27. The maximum Gasteiger partial charge on any atom is 0.319 e. The van der Waals surface area contributed by atoms with Crippen LogP contribution in [0.25, 0.3) is 0 Å². The highest BCUT2D eigenvalue weighted by Crippen LogP contribution is 2.24. The molecule has 5 heteroatoms. The first kappa shape index (κ1) is 16.6. The van der Waals surface area contributed by atoms with E-state index < -0.39 is 6.10 Å². The number of hydrogen-bond acceptors (Lipinski definition) is 4. The Morgan fingerprint density at radius 1 is 1.25 bits per heavy atom. The van der Waals surface area contributed by atoms with Crippen molar-refractivity contribution in [3.05, 3.63) is 29.8 Å². The summed E-state index contributed by atoms with van der Waals surface area (Å²) in [5.74, 6) is -0.650. The number of likely N-dealkylation sites (N-methyl/N-ethyl adjacent to an activating group) is 1. The third-order valence-electron chi connectivity index (χ3n) is 2.68. The molecule has 0 spiro atoms. The molecule has 1 rings (SSSR count). The first-order valence-corrected chi connectivity index (χ1v) is 7.53. The highest BCUT2D eigenvalue weighted by Gasteiger charge is 2.22. The lowest BCUT2D eigenvalue weighted by Gasteiger charge is -2.16. The van der Waals surface area contributed by atoms with Gasteiger partial charge in [-0.3, -0.25) is 9.59 Å². The summed E-state index contributed by atoms with van der Waals surface area (Å²) in [5.41, 5.74) is 1.18. The van der Waals surface area contributed by atoms with E-state index in [4.69, 9.17) is 4.74 Å². The van der Waals surface area contributed by atoms with Crippen LogP contribution in [0.4, 0.5) is 0 Å². The molecule has 0 heterocycles. The summed E-state index contributed by atoms with van der Waals surface area (Å²) in [6.45, 7) is 7.71. The SMILES string of the molecule is CCNC(=O)[C@@H](C)OC(=O)[C@@H](C)Sc1ccc(C)cc1. The van der Waals surface area contributed by atoms with Crippen LogP contribution >= 0.6 is 11.8 Å². The number of esters is 1. The predicted octanol–water partition coefficient (Wildman–Crippen LogP) is 2.54. The molecule has 0 radical (unpaired) electrons. The van der Waals surface area contributed by atoms with E-state index in [1.807, 2.05) is 38.1 Å². The number of ether oxygens (including phenoxy) is 1. The van der Waals surface area contributed by atoms with Crippen LogP contribution in [-0.2, 0) is 14.3 Å². The van der Waals surface area contributed by atoms with Gasteiger partial charge in [-0.2, -0.15) is 0 Å². The number of amides is 1. The number of aryl methyl sites for hydroxylation is 1. The van der Waals surface area contributed by atoms with Crippen LogP contribution in [0.5, 0.6) is 0 Å². The van der Waals surface area contributed by atoms with E-state index in [0.29, 0.717) is 6.54 Å². The topological polar surface area (TPSA) is 55.4 Å². The molecule has 0 bridgehead atoms. The van der Waals surface area contributed by atoms with Gasteiger partial charge in [-0.15, -0.1) is 11.8 Å². The number of carbonyl (C=O) groups excluding carboxylic acids is 2. The smallest absolute Gasteiger partial charge is 0.319 e. The van der Waals surface area contributed by atoms with Crippen molar-refractivity contribution >= 4 is 23.6 Å². The summed E-state index contributed by atoms with van der Waals surface area (Å²) >= 11 is 1.42. The summed E-state index contributed by atoms with van der Waals surface area (Å²) in [6, 6.07) is 7.93. The van der Waals surface area contributed by atoms with E-state index >= 15 is 0 Å². The van der Waals surface area contributed by atoms with Gasteiger partial charge >= 0.3 is 5.97 Å². The second-order valence-corrected chi connectivity index (χ2v) is 5.96. The fourth-order valence-corrected chi connectivity index (χ4v) is 2.36. The minimum Gasteiger partial charge on any atom is -0.452 e. The zero-order valence-electron chi connectivity index (χ0n) is 12.3. The molecule has 110 valence electrons. The molecule has 4 nitrogen and oxygen atoms in total. The summed E-state index contributed by atoms with van der Waals surface area (Å²) in [6.07, 6.45) is -0.761. The standard InChI is InChI=1S/C15H21NO3S/c1-5-16-14(17)11(3)19-15(18)12(4)20-13-8-6-10(2)7-9-13/h6-9,11-12H,5H2,1-4H3,(H,16,17)/t11-,12-/m1/s1. The summed E-state index contributed by atoms with van der Waals surface area (Å²) < 4.78 is 5.15. The second-order valence-electron chi connectivity index (χ2n) is 4.55. The molecule has 20 heavy (non-hydrogen) atoms. The van der Waals surface area contributed by atoms with E-state index in [1.54, 1.807) is 13.8 Å². The van der Waals surface area contributed by atoms with Gasteiger partial charge in [-0.1, -0.05) is 17.7 Å². The highest BCUT2D eigenvalue weighted by atomic mass is 32.2. The molecule has 1 aromatic carbocycles. The lowest BCUT2D eigenvalue weighted by atomic mass is 10.2. The van der Waals surface area contributed by atoms with E-state index in [1.165, 1.54) is 17.3 Å². The molecule has 0 aliphatic carbocycles. The zero-order valence-corrected chi connectivity index (χ0v) is 13.1. The fraction of sp³-hybridized carbons (Fsp3) is 0.467. The van der Waals surface area contributed by atoms with E-state index in [2.05, 4.69) is 5.32 Å². The molecule has 0 aliphatic heterocycles. The Labute approximate surface area is 124 Å². The maximum atomic E-state index is 11.9. The van der Waals surface area contributed by atoms with Gasteiger partial charge in [-0.25, -0.2) is 0 Å². The molecule has 1 amide bonds. The van der Waals surface area contributed by atoms with Crippen LogP contribution < -0.4 is 5.32 Å². The second kappa shape index (κ2) is 7.94. The van der Waals surface area contributed by atoms with Crippen LogP contribution in [-0.4, -0.2) is 29.8 Å².